The SMILES string of the molecule is COc1ccccc1C(=O)Nc1ccc(Nc2ccc(C#N)cc2)nn1. The van der Waals surface area contributed by atoms with Crippen molar-refractivity contribution in [1.29, 1.82) is 5.26 Å². The van der Waals surface area contributed by atoms with E-state index in [4.69, 9.17) is 10.00 Å². The molecule has 0 fully saturated rings. The quantitative estimate of drug-likeness (QED) is 0.735. The van der Waals surface area contributed by atoms with Gasteiger partial charge >= 0.3 is 0 Å². The zero-order chi connectivity index (χ0) is 18.4. The fourth-order valence-corrected chi connectivity index (χ4v) is 2.26. The van der Waals surface area contributed by atoms with E-state index in [9.17, 15) is 4.79 Å². The van der Waals surface area contributed by atoms with Crippen LogP contribution in [0.5, 0.6) is 5.75 Å². The largest absolute Gasteiger partial charge is 0.496 e. The lowest BCUT2D eigenvalue weighted by Gasteiger charge is -2.09. The van der Waals surface area contributed by atoms with Gasteiger partial charge in [-0.2, -0.15) is 5.26 Å². The molecule has 0 radical (unpaired) electrons. The van der Waals surface area contributed by atoms with E-state index in [0.717, 1.165) is 5.69 Å². The normalized spacial score (nSPS) is 9.85. The molecule has 128 valence electrons. The van der Waals surface area contributed by atoms with Crippen molar-refractivity contribution in [1.82, 2.24) is 10.2 Å². The van der Waals surface area contributed by atoms with Gasteiger partial charge in [-0.3, -0.25) is 4.79 Å². The summed E-state index contributed by atoms with van der Waals surface area (Å²) in [5.74, 6) is 0.998. The molecule has 0 atom stereocenters. The van der Waals surface area contributed by atoms with Crippen molar-refractivity contribution in [2.24, 2.45) is 0 Å². The zero-order valence-electron chi connectivity index (χ0n) is 13.9. The Morgan fingerprint density at radius 1 is 1.00 bits per heavy atom. The average Bonchev–Trinajstić information content (AvgIpc) is 2.70. The van der Waals surface area contributed by atoms with Crippen LogP contribution in [0.1, 0.15) is 15.9 Å². The van der Waals surface area contributed by atoms with Crippen molar-refractivity contribution in [2.45, 2.75) is 0 Å². The van der Waals surface area contributed by atoms with Gasteiger partial charge in [-0.15, -0.1) is 10.2 Å². The van der Waals surface area contributed by atoms with Gasteiger partial charge < -0.3 is 15.4 Å². The smallest absolute Gasteiger partial charge is 0.260 e. The fourth-order valence-electron chi connectivity index (χ4n) is 2.26. The Hall–Kier alpha value is -3.92. The molecule has 0 saturated carbocycles. The Balaban J connectivity index is 1.67. The Kier molecular flexibility index (Phi) is 5.05. The van der Waals surface area contributed by atoms with E-state index in [-0.39, 0.29) is 5.91 Å². The van der Waals surface area contributed by atoms with Gasteiger partial charge in [-0.1, -0.05) is 12.1 Å². The molecule has 0 saturated heterocycles. The highest BCUT2D eigenvalue weighted by Crippen LogP contribution is 2.19. The van der Waals surface area contributed by atoms with E-state index in [2.05, 4.69) is 26.9 Å². The molecule has 1 heterocycles. The van der Waals surface area contributed by atoms with Gasteiger partial charge in [-0.05, 0) is 48.5 Å². The minimum Gasteiger partial charge on any atom is -0.496 e. The fraction of sp³-hybridized carbons (Fsp3) is 0.0526. The lowest BCUT2D eigenvalue weighted by atomic mass is 10.2. The average molecular weight is 345 g/mol. The molecular weight excluding hydrogens is 330 g/mol. The zero-order valence-corrected chi connectivity index (χ0v) is 13.9. The summed E-state index contributed by atoms with van der Waals surface area (Å²) >= 11 is 0. The molecule has 7 heteroatoms. The number of nitrogens with zero attached hydrogens (tertiary/aromatic N) is 3. The molecule has 3 aromatic rings. The van der Waals surface area contributed by atoms with E-state index in [1.54, 1.807) is 60.7 Å². The van der Waals surface area contributed by atoms with Crippen molar-refractivity contribution < 1.29 is 9.53 Å². The molecule has 26 heavy (non-hydrogen) atoms. The molecule has 0 bridgehead atoms. The maximum absolute atomic E-state index is 12.3. The number of ether oxygens (including phenoxy) is 1. The number of nitriles is 1. The summed E-state index contributed by atoms with van der Waals surface area (Å²) in [6.07, 6.45) is 0. The van der Waals surface area contributed by atoms with Crippen LogP contribution in [-0.4, -0.2) is 23.2 Å². The Labute approximate surface area is 150 Å². The molecular formula is C19H15N5O2. The highest BCUT2D eigenvalue weighted by molar-refractivity contribution is 6.05. The number of carbonyl (C=O) groups is 1. The van der Waals surface area contributed by atoms with E-state index < -0.39 is 0 Å². The van der Waals surface area contributed by atoms with Crippen LogP contribution in [0.4, 0.5) is 17.3 Å². The Bertz CT molecular complexity index is 947. The van der Waals surface area contributed by atoms with Crippen LogP contribution in [0.2, 0.25) is 0 Å². The Morgan fingerprint density at radius 3 is 2.35 bits per heavy atom. The number of methoxy groups -OCH3 is 1. The van der Waals surface area contributed by atoms with Gasteiger partial charge in [0.15, 0.2) is 11.6 Å². The van der Waals surface area contributed by atoms with Gasteiger partial charge in [0.2, 0.25) is 0 Å². The van der Waals surface area contributed by atoms with E-state index >= 15 is 0 Å². The summed E-state index contributed by atoms with van der Waals surface area (Å²) in [5, 5.41) is 22.6. The number of hydrogen-bond donors (Lipinski definition) is 2. The molecule has 0 aliphatic rings. The number of benzene rings is 2. The molecule has 2 N–H and O–H groups in total. The van der Waals surface area contributed by atoms with Crippen LogP contribution in [-0.2, 0) is 0 Å². The lowest BCUT2D eigenvalue weighted by molar-refractivity contribution is 0.102. The van der Waals surface area contributed by atoms with Crippen molar-refractivity contribution in [3.63, 3.8) is 0 Å². The molecule has 0 spiro atoms. The van der Waals surface area contributed by atoms with Crippen LogP contribution in [0.25, 0.3) is 0 Å². The molecule has 2 aromatic carbocycles. The summed E-state index contributed by atoms with van der Waals surface area (Å²) in [4.78, 5) is 12.3. The Morgan fingerprint density at radius 2 is 1.69 bits per heavy atom. The standard InChI is InChI=1S/C19H15N5O2/c1-26-16-5-3-2-4-15(16)19(25)22-18-11-10-17(23-24-18)21-14-8-6-13(12-20)7-9-14/h2-11H,1H3,(H,21,23)(H,22,24,25). The maximum Gasteiger partial charge on any atom is 0.260 e. The van der Waals surface area contributed by atoms with Crippen molar-refractivity contribution in [2.75, 3.05) is 17.7 Å². The first kappa shape index (κ1) is 16.9. The summed E-state index contributed by atoms with van der Waals surface area (Å²) < 4.78 is 5.18. The second-order valence-corrected chi connectivity index (χ2v) is 5.27. The highest BCUT2D eigenvalue weighted by atomic mass is 16.5. The van der Waals surface area contributed by atoms with Crippen molar-refractivity contribution in [3.05, 3.63) is 71.8 Å². The summed E-state index contributed by atoms with van der Waals surface area (Å²) in [5.41, 5.74) is 1.77. The molecule has 3 rings (SSSR count). The summed E-state index contributed by atoms with van der Waals surface area (Å²) in [6, 6.07) is 19.3. The van der Waals surface area contributed by atoms with Gasteiger partial charge in [-0.25, -0.2) is 0 Å². The summed E-state index contributed by atoms with van der Waals surface area (Å²) in [6.45, 7) is 0. The van der Waals surface area contributed by atoms with Crippen LogP contribution >= 0.6 is 0 Å². The highest BCUT2D eigenvalue weighted by Gasteiger charge is 2.12. The van der Waals surface area contributed by atoms with Gasteiger partial charge in [0.25, 0.3) is 5.91 Å². The molecule has 0 aliphatic carbocycles. The van der Waals surface area contributed by atoms with Crippen molar-refractivity contribution in [3.8, 4) is 11.8 Å². The third-order valence-electron chi connectivity index (χ3n) is 3.54. The molecule has 0 unspecified atom stereocenters. The van der Waals surface area contributed by atoms with Gasteiger partial charge in [0.05, 0.1) is 24.3 Å². The number of anilines is 3. The monoisotopic (exact) mass is 345 g/mol. The number of hydrogen-bond acceptors (Lipinski definition) is 6. The second kappa shape index (κ2) is 7.77. The van der Waals surface area contributed by atoms with E-state index in [1.807, 2.05) is 0 Å². The van der Waals surface area contributed by atoms with Crippen LogP contribution < -0.4 is 15.4 Å². The number of rotatable bonds is 5. The molecule has 7 nitrogen and oxygen atoms in total. The van der Waals surface area contributed by atoms with Gasteiger partial charge in [0, 0.05) is 5.69 Å². The van der Waals surface area contributed by atoms with Crippen molar-refractivity contribution >= 4 is 23.2 Å². The second-order valence-electron chi connectivity index (χ2n) is 5.27. The summed E-state index contributed by atoms with van der Waals surface area (Å²) in [7, 11) is 1.51. The first-order valence-electron chi connectivity index (χ1n) is 7.75. The number of amides is 1. The lowest BCUT2D eigenvalue weighted by Crippen LogP contribution is -2.14. The first-order chi connectivity index (χ1) is 12.7. The molecule has 1 amide bonds. The van der Waals surface area contributed by atoms with E-state index in [1.165, 1.54) is 7.11 Å². The van der Waals surface area contributed by atoms with Gasteiger partial charge in [0.1, 0.15) is 5.75 Å². The number of aromatic nitrogens is 2. The topological polar surface area (TPSA) is 99.9 Å². The number of carbonyl (C=O) groups excluding carboxylic acids is 1. The minimum absolute atomic E-state index is 0.325. The van der Waals surface area contributed by atoms with E-state index in [0.29, 0.717) is 28.5 Å². The minimum atomic E-state index is -0.329. The number of para-hydroxylation sites is 1. The third-order valence-corrected chi connectivity index (χ3v) is 3.54. The van der Waals surface area contributed by atoms with Crippen LogP contribution in [0.15, 0.2) is 60.7 Å². The van der Waals surface area contributed by atoms with Crippen LogP contribution in [0, 0.1) is 11.3 Å². The predicted molar refractivity (Wildman–Crippen MR) is 97.4 cm³/mol. The molecule has 1 aromatic heterocycles. The van der Waals surface area contributed by atoms with Crippen LogP contribution in [0.3, 0.4) is 0 Å². The molecule has 0 aliphatic heterocycles. The predicted octanol–water partition coefficient (Wildman–Crippen LogP) is 3.35. The maximum atomic E-state index is 12.3. The number of nitrogens with one attached hydrogen (secondary N) is 2. The first-order valence-corrected chi connectivity index (χ1v) is 7.75. The third kappa shape index (κ3) is 3.94.